The average molecular weight is 285 g/mol. The van der Waals surface area contributed by atoms with Crippen molar-refractivity contribution in [3.63, 3.8) is 0 Å². The quantitative estimate of drug-likeness (QED) is 0.858. The van der Waals surface area contributed by atoms with Gasteiger partial charge in [-0.15, -0.1) is 11.3 Å². The fourth-order valence-corrected chi connectivity index (χ4v) is 2.76. The predicted octanol–water partition coefficient (Wildman–Crippen LogP) is 2.48. The molecule has 0 atom stereocenters. The van der Waals surface area contributed by atoms with Crippen LogP contribution in [0.25, 0.3) is 0 Å². The topological polar surface area (TPSA) is 42.2 Å². The second-order valence-corrected chi connectivity index (χ2v) is 5.43. The van der Waals surface area contributed by atoms with E-state index in [1.165, 1.54) is 4.88 Å². The first-order valence-corrected chi connectivity index (χ1v) is 7.58. The third-order valence-electron chi connectivity index (χ3n) is 2.93. The van der Waals surface area contributed by atoms with Crippen LogP contribution in [0.5, 0.6) is 0 Å². The first-order chi connectivity index (χ1) is 9.81. The number of nitrogens with zero attached hydrogens (tertiary/aromatic N) is 2. The molecule has 0 aliphatic heterocycles. The van der Waals surface area contributed by atoms with E-state index >= 15 is 0 Å². The van der Waals surface area contributed by atoms with E-state index in [1.54, 1.807) is 11.3 Å². The molecule has 104 valence electrons. The SMILES string of the molecule is CCN(Cc1ccccn1)Cc1cc(C#CCN)cs1. The second-order valence-electron chi connectivity index (χ2n) is 4.43. The Kier molecular flexibility index (Phi) is 5.75. The summed E-state index contributed by atoms with van der Waals surface area (Å²) in [5, 5.41) is 2.09. The lowest BCUT2D eigenvalue weighted by Gasteiger charge is -2.18. The van der Waals surface area contributed by atoms with Gasteiger partial charge in [-0.3, -0.25) is 9.88 Å². The van der Waals surface area contributed by atoms with Gasteiger partial charge >= 0.3 is 0 Å². The number of hydrogen-bond donors (Lipinski definition) is 1. The Labute approximate surface area is 124 Å². The van der Waals surface area contributed by atoms with Crippen LogP contribution in [-0.2, 0) is 13.1 Å². The third-order valence-corrected chi connectivity index (χ3v) is 3.85. The molecule has 0 amide bonds. The molecule has 0 saturated carbocycles. The molecular weight excluding hydrogens is 266 g/mol. The van der Waals surface area contributed by atoms with Gasteiger partial charge in [0.1, 0.15) is 0 Å². The predicted molar refractivity (Wildman–Crippen MR) is 84.3 cm³/mol. The summed E-state index contributed by atoms with van der Waals surface area (Å²) in [6.45, 7) is 5.39. The number of pyridine rings is 1. The van der Waals surface area contributed by atoms with Gasteiger partial charge in [-0.25, -0.2) is 0 Å². The fourth-order valence-electron chi connectivity index (χ4n) is 1.90. The summed E-state index contributed by atoms with van der Waals surface area (Å²) >= 11 is 1.75. The van der Waals surface area contributed by atoms with Crippen LogP contribution >= 0.6 is 11.3 Å². The van der Waals surface area contributed by atoms with Gasteiger partial charge in [0, 0.05) is 35.1 Å². The Hall–Kier alpha value is -1.67. The van der Waals surface area contributed by atoms with E-state index in [0.717, 1.165) is 30.9 Å². The Morgan fingerprint density at radius 2 is 2.25 bits per heavy atom. The number of nitrogens with two attached hydrogens (primary N) is 1. The average Bonchev–Trinajstić information content (AvgIpc) is 2.93. The Morgan fingerprint density at radius 3 is 2.95 bits per heavy atom. The summed E-state index contributed by atoms with van der Waals surface area (Å²) in [5.74, 6) is 5.96. The molecule has 0 fully saturated rings. The number of rotatable bonds is 5. The van der Waals surface area contributed by atoms with Crippen LogP contribution in [0.15, 0.2) is 35.8 Å². The standard InChI is InChI=1S/C16H19N3S/c1-2-19(11-15-7-3-4-9-18-15)12-16-10-14(13-20-16)6-5-8-17/h3-4,7,9-10,13H,2,8,11-12,17H2,1H3. The molecular formula is C16H19N3S. The van der Waals surface area contributed by atoms with Gasteiger partial charge in [-0.2, -0.15) is 0 Å². The molecule has 0 aliphatic carbocycles. The van der Waals surface area contributed by atoms with Crippen LogP contribution in [0.4, 0.5) is 0 Å². The molecule has 2 aromatic rings. The summed E-state index contributed by atoms with van der Waals surface area (Å²) in [7, 11) is 0. The smallest absolute Gasteiger partial charge is 0.0555 e. The molecule has 4 heteroatoms. The van der Waals surface area contributed by atoms with E-state index in [4.69, 9.17) is 5.73 Å². The molecule has 0 unspecified atom stereocenters. The maximum atomic E-state index is 5.39. The second kappa shape index (κ2) is 7.81. The van der Waals surface area contributed by atoms with Crippen LogP contribution in [0.1, 0.15) is 23.1 Å². The first kappa shape index (κ1) is 14.7. The van der Waals surface area contributed by atoms with Gasteiger partial charge in [0.05, 0.1) is 12.2 Å². The summed E-state index contributed by atoms with van der Waals surface area (Å²) in [6, 6.07) is 8.19. The highest BCUT2D eigenvalue weighted by atomic mass is 32.1. The van der Waals surface area contributed by atoms with Gasteiger partial charge in [-0.1, -0.05) is 24.8 Å². The van der Waals surface area contributed by atoms with Crippen molar-refractivity contribution in [2.75, 3.05) is 13.1 Å². The zero-order chi connectivity index (χ0) is 14.2. The molecule has 0 aromatic carbocycles. The summed E-state index contributed by atoms with van der Waals surface area (Å²) in [6.07, 6.45) is 1.84. The maximum absolute atomic E-state index is 5.39. The van der Waals surface area contributed by atoms with E-state index in [1.807, 2.05) is 18.3 Å². The van der Waals surface area contributed by atoms with E-state index in [2.05, 4.69) is 46.2 Å². The van der Waals surface area contributed by atoms with Crippen molar-refractivity contribution < 1.29 is 0 Å². The zero-order valence-electron chi connectivity index (χ0n) is 11.7. The van der Waals surface area contributed by atoms with Crippen molar-refractivity contribution in [2.45, 2.75) is 20.0 Å². The molecule has 0 saturated heterocycles. The van der Waals surface area contributed by atoms with Gasteiger partial charge in [0.2, 0.25) is 0 Å². The van der Waals surface area contributed by atoms with Crippen molar-refractivity contribution in [1.82, 2.24) is 9.88 Å². The van der Waals surface area contributed by atoms with Crippen molar-refractivity contribution in [1.29, 1.82) is 0 Å². The lowest BCUT2D eigenvalue weighted by molar-refractivity contribution is 0.270. The Morgan fingerprint density at radius 1 is 1.35 bits per heavy atom. The van der Waals surface area contributed by atoms with Crippen LogP contribution < -0.4 is 5.73 Å². The maximum Gasteiger partial charge on any atom is 0.0555 e. The molecule has 0 aliphatic rings. The van der Waals surface area contributed by atoms with Crippen molar-refractivity contribution in [3.8, 4) is 11.8 Å². The number of aromatic nitrogens is 1. The van der Waals surface area contributed by atoms with E-state index in [-0.39, 0.29) is 0 Å². The van der Waals surface area contributed by atoms with Crippen LogP contribution in [0.2, 0.25) is 0 Å². The largest absolute Gasteiger partial charge is 0.320 e. The molecule has 0 bridgehead atoms. The van der Waals surface area contributed by atoms with Gasteiger partial charge in [0.25, 0.3) is 0 Å². The lowest BCUT2D eigenvalue weighted by atomic mass is 10.3. The molecule has 3 nitrogen and oxygen atoms in total. The Balaban J connectivity index is 1.97. The molecule has 20 heavy (non-hydrogen) atoms. The summed E-state index contributed by atoms with van der Waals surface area (Å²) in [4.78, 5) is 8.07. The monoisotopic (exact) mass is 285 g/mol. The number of thiophene rings is 1. The molecule has 2 aromatic heterocycles. The van der Waals surface area contributed by atoms with E-state index in [9.17, 15) is 0 Å². The molecule has 0 spiro atoms. The summed E-state index contributed by atoms with van der Waals surface area (Å²) < 4.78 is 0. The highest BCUT2D eigenvalue weighted by Gasteiger charge is 2.07. The highest BCUT2D eigenvalue weighted by Crippen LogP contribution is 2.17. The zero-order valence-corrected chi connectivity index (χ0v) is 12.5. The van der Waals surface area contributed by atoms with Crippen molar-refractivity contribution in [3.05, 3.63) is 52.0 Å². The molecule has 2 rings (SSSR count). The minimum Gasteiger partial charge on any atom is -0.320 e. The van der Waals surface area contributed by atoms with Gasteiger partial charge in [0.15, 0.2) is 0 Å². The Bertz CT molecular complexity index is 581. The lowest BCUT2D eigenvalue weighted by Crippen LogP contribution is -2.22. The molecule has 0 radical (unpaired) electrons. The van der Waals surface area contributed by atoms with E-state index < -0.39 is 0 Å². The highest BCUT2D eigenvalue weighted by molar-refractivity contribution is 7.10. The fraction of sp³-hybridized carbons (Fsp3) is 0.312. The molecule has 2 N–H and O–H groups in total. The minimum absolute atomic E-state index is 0.409. The van der Waals surface area contributed by atoms with Gasteiger partial charge in [-0.05, 0) is 24.7 Å². The molecule has 2 heterocycles. The number of hydrogen-bond acceptors (Lipinski definition) is 4. The van der Waals surface area contributed by atoms with Gasteiger partial charge < -0.3 is 5.73 Å². The van der Waals surface area contributed by atoms with Crippen molar-refractivity contribution in [2.24, 2.45) is 5.73 Å². The first-order valence-electron chi connectivity index (χ1n) is 6.70. The van der Waals surface area contributed by atoms with Crippen molar-refractivity contribution >= 4 is 11.3 Å². The third kappa shape index (κ3) is 4.46. The normalized spacial score (nSPS) is 10.3. The van der Waals surface area contributed by atoms with Crippen LogP contribution in [0.3, 0.4) is 0 Å². The van der Waals surface area contributed by atoms with Crippen LogP contribution in [-0.4, -0.2) is 23.0 Å². The van der Waals surface area contributed by atoms with E-state index in [0.29, 0.717) is 6.54 Å². The van der Waals surface area contributed by atoms with Crippen LogP contribution in [0, 0.1) is 11.8 Å². The minimum atomic E-state index is 0.409. The summed E-state index contributed by atoms with van der Waals surface area (Å²) in [5.41, 5.74) is 7.55.